The van der Waals surface area contributed by atoms with E-state index in [-0.39, 0.29) is 12.2 Å². The molecular weight excluding hydrogens is 180 g/mol. The summed E-state index contributed by atoms with van der Waals surface area (Å²) in [5.41, 5.74) is 0. The highest BCUT2D eigenvalue weighted by atomic mass is 16.7. The lowest BCUT2D eigenvalue weighted by Gasteiger charge is -2.09. The van der Waals surface area contributed by atoms with Crippen molar-refractivity contribution < 1.29 is 14.3 Å². The Balaban J connectivity index is 3.92. The molecule has 0 N–H and O–H groups in total. The molecule has 14 heavy (non-hydrogen) atoms. The first-order valence-corrected chi connectivity index (χ1v) is 4.97. The summed E-state index contributed by atoms with van der Waals surface area (Å²) in [7, 11) is 0. The third kappa shape index (κ3) is 6.64. The Kier molecular flexibility index (Phi) is 8.20. The van der Waals surface area contributed by atoms with Gasteiger partial charge >= 0.3 is 0 Å². The van der Waals surface area contributed by atoms with Crippen LogP contribution in [0.1, 0.15) is 33.6 Å². The van der Waals surface area contributed by atoms with Crippen molar-refractivity contribution in [2.45, 2.75) is 39.9 Å². The fourth-order valence-electron chi connectivity index (χ4n) is 0.792. The normalized spacial score (nSPS) is 9.71. The predicted molar refractivity (Wildman–Crippen MR) is 54.7 cm³/mol. The molecule has 80 valence electrons. The molecule has 0 spiro atoms. The van der Waals surface area contributed by atoms with Crippen LogP contribution < -0.4 is 0 Å². The topological polar surface area (TPSA) is 35.5 Å². The quantitative estimate of drug-likeness (QED) is 0.482. The van der Waals surface area contributed by atoms with Gasteiger partial charge in [-0.3, -0.25) is 4.79 Å². The molecule has 0 atom stereocenters. The molecule has 0 rings (SSSR count). The Morgan fingerprint density at radius 2 is 1.79 bits per heavy atom. The van der Waals surface area contributed by atoms with Gasteiger partial charge in [-0.1, -0.05) is 12.8 Å². The van der Waals surface area contributed by atoms with Crippen LogP contribution in [-0.2, 0) is 14.3 Å². The maximum atomic E-state index is 10.9. The molecule has 0 saturated carbocycles. The molecule has 0 aromatic carbocycles. The van der Waals surface area contributed by atoms with Gasteiger partial charge in [-0.15, -0.1) is 0 Å². The standard InChI is InChI=1S/C11H18O3/c1-4-10(12)8-7-9-11(13-5-2)14-6-3/h11H,4-6,8H2,1-3H3. The van der Waals surface area contributed by atoms with Crippen LogP contribution in [-0.4, -0.2) is 25.3 Å². The summed E-state index contributed by atoms with van der Waals surface area (Å²) in [6, 6.07) is 0. The third-order valence-electron chi connectivity index (χ3n) is 1.54. The van der Waals surface area contributed by atoms with Gasteiger partial charge in [-0.2, -0.15) is 0 Å². The average Bonchev–Trinajstić information content (AvgIpc) is 2.18. The fourth-order valence-corrected chi connectivity index (χ4v) is 0.792. The van der Waals surface area contributed by atoms with Gasteiger partial charge in [0.1, 0.15) is 5.78 Å². The van der Waals surface area contributed by atoms with Crippen LogP contribution >= 0.6 is 0 Å². The van der Waals surface area contributed by atoms with Crippen LogP contribution in [0.5, 0.6) is 0 Å². The Labute approximate surface area is 85.8 Å². The highest BCUT2D eigenvalue weighted by molar-refractivity contribution is 5.80. The number of Topliss-reactive ketones (excluding diaryl/α,β-unsaturated/α-hetero) is 1. The number of carbonyl (C=O) groups is 1. The van der Waals surface area contributed by atoms with Crippen molar-refractivity contribution >= 4 is 5.78 Å². The Morgan fingerprint density at radius 3 is 2.21 bits per heavy atom. The molecule has 3 nitrogen and oxygen atoms in total. The van der Waals surface area contributed by atoms with Crippen molar-refractivity contribution in [3.8, 4) is 11.8 Å². The number of hydrogen-bond acceptors (Lipinski definition) is 3. The summed E-state index contributed by atoms with van der Waals surface area (Å²) < 4.78 is 10.4. The Hall–Kier alpha value is -0.850. The summed E-state index contributed by atoms with van der Waals surface area (Å²) >= 11 is 0. The first-order chi connectivity index (χ1) is 6.74. The maximum Gasteiger partial charge on any atom is 0.222 e. The van der Waals surface area contributed by atoms with Crippen LogP contribution in [0.3, 0.4) is 0 Å². The molecule has 0 aromatic rings. The molecule has 0 unspecified atom stereocenters. The van der Waals surface area contributed by atoms with E-state index in [9.17, 15) is 4.79 Å². The molecule has 0 aliphatic heterocycles. The van der Waals surface area contributed by atoms with Gasteiger partial charge in [0.05, 0.1) is 6.42 Å². The van der Waals surface area contributed by atoms with Gasteiger partial charge in [0.25, 0.3) is 0 Å². The van der Waals surface area contributed by atoms with Crippen molar-refractivity contribution in [2.75, 3.05) is 13.2 Å². The molecule has 0 fully saturated rings. The summed E-state index contributed by atoms with van der Waals surface area (Å²) in [5, 5.41) is 0. The van der Waals surface area contributed by atoms with Gasteiger partial charge in [0.15, 0.2) is 0 Å². The van der Waals surface area contributed by atoms with E-state index in [1.54, 1.807) is 0 Å². The minimum atomic E-state index is -0.491. The summed E-state index contributed by atoms with van der Waals surface area (Å²) in [4.78, 5) is 10.9. The van der Waals surface area contributed by atoms with E-state index in [0.29, 0.717) is 19.6 Å². The molecule has 0 bridgehead atoms. The first kappa shape index (κ1) is 13.2. The van der Waals surface area contributed by atoms with E-state index < -0.39 is 6.29 Å². The molecule has 0 aliphatic rings. The Morgan fingerprint density at radius 1 is 1.21 bits per heavy atom. The second-order valence-electron chi connectivity index (χ2n) is 2.63. The van der Waals surface area contributed by atoms with Crippen molar-refractivity contribution in [3.05, 3.63) is 0 Å². The largest absolute Gasteiger partial charge is 0.342 e. The monoisotopic (exact) mass is 198 g/mol. The van der Waals surface area contributed by atoms with Gasteiger partial charge < -0.3 is 9.47 Å². The van der Waals surface area contributed by atoms with E-state index in [2.05, 4.69) is 11.8 Å². The minimum absolute atomic E-state index is 0.143. The van der Waals surface area contributed by atoms with E-state index >= 15 is 0 Å². The SMILES string of the molecule is CCOC(C#CCC(=O)CC)OCC. The highest BCUT2D eigenvalue weighted by Crippen LogP contribution is 1.93. The zero-order valence-electron chi connectivity index (χ0n) is 9.13. The van der Waals surface area contributed by atoms with E-state index in [4.69, 9.17) is 9.47 Å². The number of ether oxygens (including phenoxy) is 2. The van der Waals surface area contributed by atoms with E-state index in [0.717, 1.165) is 0 Å². The lowest BCUT2D eigenvalue weighted by Crippen LogP contribution is -2.14. The van der Waals surface area contributed by atoms with Gasteiger partial charge in [-0.05, 0) is 19.8 Å². The minimum Gasteiger partial charge on any atom is -0.342 e. The van der Waals surface area contributed by atoms with Gasteiger partial charge in [0.2, 0.25) is 6.29 Å². The molecule has 3 heteroatoms. The molecular formula is C11H18O3. The maximum absolute atomic E-state index is 10.9. The lowest BCUT2D eigenvalue weighted by molar-refractivity contribution is -0.117. The van der Waals surface area contributed by atoms with Crippen LogP contribution in [0, 0.1) is 11.8 Å². The van der Waals surface area contributed by atoms with Crippen LogP contribution in [0.2, 0.25) is 0 Å². The van der Waals surface area contributed by atoms with Crippen molar-refractivity contribution in [3.63, 3.8) is 0 Å². The van der Waals surface area contributed by atoms with Crippen molar-refractivity contribution in [2.24, 2.45) is 0 Å². The van der Waals surface area contributed by atoms with E-state index in [1.807, 2.05) is 20.8 Å². The van der Waals surface area contributed by atoms with Crippen LogP contribution in [0.25, 0.3) is 0 Å². The van der Waals surface area contributed by atoms with Crippen molar-refractivity contribution in [1.82, 2.24) is 0 Å². The number of ketones is 1. The average molecular weight is 198 g/mol. The number of rotatable bonds is 6. The molecule has 0 heterocycles. The van der Waals surface area contributed by atoms with Gasteiger partial charge in [-0.25, -0.2) is 0 Å². The number of carbonyl (C=O) groups excluding carboxylic acids is 1. The molecule has 0 saturated heterocycles. The summed E-state index contributed by atoms with van der Waals surface area (Å²) in [5.74, 6) is 5.67. The lowest BCUT2D eigenvalue weighted by atomic mass is 10.2. The number of hydrogen-bond donors (Lipinski definition) is 0. The second-order valence-corrected chi connectivity index (χ2v) is 2.63. The fraction of sp³-hybridized carbons (Fsp3) is 0.727. The molecule has 0 radical (unpaired) electrons. The Bertz CT molecular complexity index is 206. The molecule has 0 amide bonds. The second kappa shape index (κ2) is 8.74. The van der Waals surface area contributed by atoms with Crippen molar-refractivity contribution in [1.29, 1.82) is 0 Å². The molecule has 0 aromatic heterocycles. The van der Waals surface area contributed by atoms with Crippen LogP contribution in [0.15, 0.2) is 0 Å². The summed E-state index contributed by atoms with van der Waals surface area (Å²) in [6.07, 6.45) is 0.324. The zero-order valence-corrected chi connectivity index (χ0v) is 9.13. The third-order valence-corrected chi connectivity index (χ3v) is 1.54. The van der Waals surface area contributed by atoms with Crippen LogP contribution in [0.4, 0.5) is 0 Å². The predicted octanol–water partition coefficient (Wildman–Crippen LogP) is 1.76. The highest BCUT2D eigenvalue weighted by Gasteiger charge is 2.01. The first-order valence-electron chi connectivity index (χ1n) is 4.97. The zero-order chi connectivity index (χ0) is 10.8. The summed E-state index contributed by atoms with van der Waals surface area (Å²) in [6.45, 7) is 6.70. The van der Waals surface area contributed by atoms with E-state index in [1.165, 1.54) is 0 Å². The van der Waals surface area contributed by atoms with Gasteiger partial charge in [0, 0.05) is 19.6 Å². The smallest absolute Gasteiger partial charge is 0.222 e. The molecule has 0 aliphatic carbocycles.